The van der Waals surface area contributed by atoms with E-state index in [1.807, 2.05) is 25.1 Å². The van der Waals surface area contributed by atoms with Crippen LogP contribution in [-0.4, -0.2) is 9.67 Å². The summed E-state index contributed by atoms with van der Waals surface area (Å²) in [6.07, 6.45) is 2.07. The molecule has 0 amide bonds. The first-order valence-electron chi connectivity index (χ1n) is 5.52. The maximum absolute atomic E-state index is 11.9. The van der Waals surface area contributed by atoms with Crippen LogP contribution in [0.25, 0.3) is 10.9 Å². The van der Waals surface area contributed by atoms with Crippen LogP contribution in [0, 0.1) is 6.92 Å². The second-order valence-corrected chi connectivity index (χ2v) is 4.45. The number of aromatic hydroxyl groups is 1. The highest BCUT2D eigenvalue weighted by atomic mass is 16.3. The quantitative estimate of drug-likeness (QED) is 0.793. The third kappa shape index (κ3) is 1.24. The molecule has 82 valence electrons. The van der Waals surface area contributed by atoms with Gasteiger partial charge < -0.3 is 9.67 Å². The summed E-state index contributed by atoms with van der Waals surface area (Å²) in [5, 5.41) is 10.6. The van der Waals surface area contributed by atoms with Gasteiger partial charge in [-0.3, -0.25) is 4.79 Å². The summed E-state index contributed by atoms with van der Waals surface area (Å²) in [6, 6.07) is 7.71. The van der Waals surface area contributed by atoms with Crippen LogP contribution in [0.5, 0.6) is 5.75 Å². The van der Waals surface area contributed by atoms with Crippen LogP contribution in [0.1, 0.15) is 24.4 Å². The van der Waals surface area contributed by atoms with E-state index in [0.29, 0.717) is 0 Å². The molecular formula is C13H13NO2. The maximum Gasteiger partial charge on any atom is 0.293 e. The Morgan fingerprint density at radius 3 is 2.81 bits per heavy atom. The zero-order valence-electron chi connectivity index (χ0n) is 9.10. The van der Waals surface area contributed by atoms with Gasteiger partial charge in [-0.1, -0.05) is 18.2 Å². The maximum atomic E-state index is 11.9. The highest BCUT2D eigenvalue weighted by Crippen LogP contribution is 2.37. The molecule has 1 aromatic heterocycles. The average Bonchev–Trinajstić information content (AvgIpc) is 3.05. The van der Waals surface area contributed by atoms with Crippen LogP contribution in [0.3, 0.4) is 0 Å². The molecule has 1 N–H and O–H groups in total. The van der Waals surface area contributed by atoms with Crippen LogP contribution < -0.4 is 5.56 Å². The van der Waals surface area contributed by atoms with Crippen LogP contribution in [0.4, 0.5) is 0 Å². The van der Waals surface area contributed by atoms with Crippen LogP contribution in [0.2, 0.25) is 0 Å². The van der Waals surface area contributed by atoms with Gasteiger partial charge in [-0.25, -0.2) is 0 Å². The van der Waals surface area contributed by atoms with Crippen molar-refractivity contribution in [3.8, 4) is 5.75 Å². The van der Waals surface area contributed by atoms with Gasteiger partial charge >= 0.3 is 0 Å². The fourth-order valence-electron chi connectivity index (χ4n) is 2.24. The second kappa shape index (κ2) is 3.11. The molecular weight excluding hydrogens is 202 g/mol. The van der Waals surface area contributed by atoms with Crippen molar-refractivity contribution in [3.05, 3.63) is 40.2 Å². The average molecular weight is 215 g/mol. The van der Waals surface area contributed by atoms with E-state index in [2.05, 4.69) is 0 Å². The van der Waals surface area contributed by atoms with Crippen molar-refractivity contribution in [1.29, 1.82) is 0 Å². The molecule has 0 atom stereocenters. The fraction of sp³-hybridized carbons (Fsp3) is 0.308. The molecule has 0 saturated heterocycles. The van der Waals surface area contributed by atoms with E-state index >= 15 is 0 Å². The lowest BCUT2D eigenvalue weighted by atomic mass is 10.1. The SMILES string of the molecule is Cc1cccc2cc(O)c(=O)n(C3CC3)c12. The minimum Gasteiger partial charge on any atom is -0.503 e. The molecule has 2 aromatic rings. The summed E-state index contributed by atoms with van der Waals surface area (Å²) in [4.78, 5) is 11.9. The molecule has 3 heteroatoms. The second-order valence-electron chi connectivity index (χ2n) is 4.45. The first kappa shape index (κ1) is 9.46. The summed E-state index contributed by atoms with van der Waals surface area (Å²) in [5.41, 5.74) is 1.79. The van der Waals surface area contributed by atoms with Gasteiger partial charge in [0, 0.05) is 11.4 Å². The predicted molar refractivity (Wildman–Crippen MR) is 62.9 cm³/mol. The normalized spacial score (nSPS) is 15.6. The first-order valence-corrected chi connectivity index (χ1v) is 5.52. The molecule has 0 spiro atoms. The molecule has 0 radical (unpaired) electrons. The zero-order chi connectivity index (χ0) is 11.3. The molecule has 0 unspecified atom stereocenters. The zero-order valence-corrected chi connectivity index (χ0v) is 9.10. The molecule has 3 nitrogen and oxygen atoms in total. The van der Waals surface area contributed by atoms with E-state index in [0.717, 1.165) is 29.3 Å². The van der Waals surface area contributed by atoms with Crippen molar-refractivity contribution < 1.29 is 5.11 Å². The van der Waals surface area contributed by atoms with Gasteiger partial charge in [-0.15, -0.1) is 0 Å². The number of aryl methyl sites for hydroxylation is 1. The van der Waals surface area contributed by atoms with Gasteiger partial charge in [0.25, 0.3) is 5.56 Å². The monoisotopic (exact) mass is 215 g/mol. The first-order chi connectivity index (χ1) is 7.68. The molecule has 1 saturated carbocycles. The van der Waals surface area contributed by atoms with Crippen LogP contribution in [-0.2, 0) is 0 Å². The number of aromatic nitrogens is 1. The Kier molecular flexibility index (Phi) is 1.84. The molecule has 3 rings (SSSR count). The van der Waals surface area contributed by atoms with Crippen molar-refractivity contribution in [3.63, 3.8) is 0 Å². The summed E-state index contributed by atoms with van der Waals surface area (Å²) in [7, 11) is 0. The lowest BCUT2D eigenvalue weighted by Crippen LogP contribution is -2.19. The number of fused-ring (bicyclic) bond motifs is 1. The molecule has 16 heavy (non-hydrogen) atoms. The van der Waals surface area contributed by atoms with Crippen molar-refractivity contribution in [2.75, 3.05) is 0 Å². The van der Waals surface area contributed by atoms with Gasteiger partial charge in [0.1, 0.15) is 0 Å². The number of para-hydroxylation sites is 1. The highest BCUT2D eigenvalue weighted by molar-refractivity contribution is 5.83. The smallest absolute Gasteiger partial charge is 0.293 e. The summed E-state index contributed by atoms with van der Waals surface area (Å²) in [5.74, 6) is -0.148. The Morgan fingerprint density at radius 2 is 2.12 bits per heavy atom. The van der Waals surface area contributed by atoms with Gasteiger partial charge in [0.15, 0.2) is 5.75 Å². The van der Waals surface area contributed by atoms with Gasteiger partial charge in [-0.2, -0.15) is 0 Å². The number of hydrogen-bond donors (Lipinski definition) is 1. The molecule has 0 bridgehead atoms. The topological polar surface area (TPSA) is 42.2 Å². The molecule has 1 fully saturated rings. The lowest BCUT2D eigenvalue weighted by Gasteiger charge is -2.11. The van der Waals surface area contributed by atoms with Crippen molar-refractivity contribution >= 4 is 10.9 Å². The van der Waals surface area contributed by atoms with E-state index in [-0.39, 0.29) is 17.4 Å². The Labute approximate surface area is 93.0 Å². The molecule has 0 aliphatic heterocycles. The van der Waals surface area contributed by atoms with Crippen molar-refractivity contribution in [2.45, 2.75) is 25.8 Å². The minimum atomic E-state index is -0.260. The van der Waals surface area contributed by atoms with Crippen LogP contribution in [0.15, 0.2) is 29.1 Å². The number of benzene rings is 1. The Bertz CT molecular complexity index is 624. The summed E-state index contributed by atoms with van der Waals surface area (Å²) < 4.78 is 1.75. The number of hydrogen-bond acceptors (Lipinski definition) is 2. The van der Waals surface area contributed by atoms with Crippen molar-refractivity contribution in [1.82, 2.24) is 4.57 Å². The summed E-state index contributed by atoms with van der Waals surface area (Å²) in [6.45, 7) is 2.00. The Hall–Kier alpha value is -1.77. The lowest BCUT2D eigenvalue weighted by molar-refractivity contribution is 0.460. The van der Waals surface area contributed by atoms with E-state index in [9.17, 15) is 9.90 Å². The largest absolute Gasteiger partial charge is 0.503 e. The molecule has 1 aliphatic carbocycles. The standard InChI is InChI=1S/C13H13NO2/c1-8-3-2-4-9-7-11(15)13(16)14(12(8)9)10-5-6-10/h2-4,7,10,15H,5-6H2,1H3. The van der Waals surface area contributed by atoms with Gasteiger partial charge in [-0.05, 0) is 31.4 Å². The predicted octanol–water partition coefficient (Wildman–Crippen LogP) is 2.35. The molecule has 1 aliphatic rings. The number of pyridine rings is 1. The minimum absolute atomic E-state index is 0.148. The molecule has 1 aromatic carbocycles. The van der Waals surface area contributed by atoms with E-state index in [4.69, 9.17) is 0 Å². The van der Waals surface area contributed by atoms with Gasteiger partial charge in [0.2, 0.25) is 0 Å². The number of nitrogens with zero attached hydrogens (tertiary/aromatic N) is 1. The third-order valence-electron chi connectivity index (χ3n) is 3.15. The Balaban J connectivity index is 2.50. The third-order valence-corrected chi connectivity index (χ3v) is 3.15. The van der Waals surface area contributed by atoms with E-state index in [1.54, 1.807) is 10.6 Å². The fourth-order valence-corrected chi connectivity index (χ4v) is 2.24. The van der Waals surface area contributed by atoms with Gasteiger partial charge in [0.05, 0.1) is 5.52 Å². The van der Waals surface area contributed by atoms with E-state index < -0.39 is 0 Å². The van der Waals surface area contributed by atoms with E-state index in [1.165, 1.54) is 0 Å². The molecule has 1 heterocycles. The Morgan fingerprint density at radius 1 is 1.38 bits per heavy atom. The van der Waals surface area contributed by atoms with Crippen LogP contribution >= 0.6 is 0 Å². The number of rotatable bonds is 1. The summed E-state index contributed by atoms with van der Waals surface area (Å²) >= 11 is 0. The van der Waals surface area contributed by atoms with Crippen molar-refractivity contribution in [2.24, 2.45) is 0 Å². The highest BCUT2D eigenvalue weighted by Gasteiger charge is 2.27.